The molecule has 0 aliphatic heterocycles. The summed E-state index contributed by atoms with van der Waals surface area (Å²) in [7, 11) is 4.14. The fraction of sp³-hybridized carbons (Fsp3) is 0.917. The van der Waals surface area contributed by atoms with Gasteiger partial charge in [0.05, 0.1) is 0 Å². The number of likely N-dealkylation sites (N-methyl/N-ethyl adjacent to an activating group) is 1. The largest absolute Gasteiger partial charge is 0.370 e. The van der Waals surface area contributed by atoms with Crippen LogP contribution >= 0.6 is 0 Å². The van der Waals surface area contributed by atoms with Crippen molar-refractivity contribution in [3.63, 3.8) is 0 Å². The van der Waals surface area contributed by atoms with E-state index in [2.05, 4.69) is 57.0 Å². The molecule has 0 bridgehead atoms. The van der Waals surface area contributed by atoms with Crippen molar-refractivity contribution in [1.29, 1.82) is 0 Å². The number of hydrogen-bond acceptors (Lipinski definition) is 2. The topological polar surface area (TPSA) is 53.6 Å². The van der Waals surface area contributed by atoms with Crippen LogP contribution in [0.25, 0.3) is 0 Å². The first-order chi connectivity index (χ1) is 7.32. The summed E-state index contributed by atoms with van der Waals surface area (Å²) in [5, 5.41) is 3.29. The number of rotatable bonds is 6. The highest BCUT2D eigenvalue weighted by molar-refractivity contribution is 5.78. The molecule has 3 N–H and O–H groups in total. The van der Waals surface area contributed by atoms with Gasteiger partial charge in [-0.1, -0.05) is 27.7 Å². The molecule has 0 aliphatic carbocycles. The fourth-order valence-corrected chi connectivity index (χ4v) is 1.33. The van der Waals surface area contributed by atoms with Crippen molar-refractivity contribution < 1.29 is 0 Å². The summed E-state index contributed by atoms with van der Waals surface area (Å²) in [4.78, 5) is 6.48. The summed E-state index contributed by atoms with van der Waals surface area (Å²) < 4.78 is 0. The van der Waals surface area contributed by atoms with Gasteiger partial charge in [-0.25, -0.2) is 0 Å². The third-order valence-electron chi connectivity index (χ3n) is 2.33. The lowest BCUT2D eigenvalue weighted by Gasteiger charge is -2.26. The van der Waals surface area contributed by atoms with Crippen LogP contribution in [0, 0.1) is 11.8 Å². The summed E-state index contributed by atoms with van der Waals surface area (Å²) in [6.45, 7) is 10.4. The van der Waals surface area contributed by atoms with Gasteiger partial charge in [-0.05, 0) is 25.9 Å². The number of aliphatic imine (C=N–C) groups is 1. The fourth-order valence-electron chi connectivity index (χ4n) is 1.33. The van der Waals surface area contributed by atoms with Gasteiger partial charge < -0.3 is 16.0 Å². The normalized spacial score (nSPS) is 14.9. The van der Waals surface area contributed by atoms with Gasteiger partial charge >= 0.3 is 0 Å². The van der Waals surface area contributed by atoms with Gasteiger partial charge in [0.15, 0.2) is 5.96 Å². The smallest absolute Gasteiger partial charge is 0.188 e. The van der Waals surface area contributed by atoms with Gasteiger partial charge in [0, 0.05) is 19.1 Å². The first kappa shape index (κ1) is 15.2. The van der Waals surface area contributed by atoms with Gasteiger partial charge in [0.25, 0.3) is 0 Å². The first-order valence-corrected chi connectivity index (χ1v) is 6.04. The van der Waals surface area contributed by atoms with E-state index in [0.29, 0.717) is 23.8 Å². The first-order valence-electron chi connectivity index (χ1n) is 6.04. The van der Waals surface area contributed by atoms with Gasteiger partial charge in [-0.15, -0.1) is 0 Å². The highest BCUT2D eigenvalue weighted by Gasteiger charge is 2.14. The Labute approximate surface area is 100 Å². The molecule has 0 heterocycles. The highest BCUT2D eigenvalue weighted by atomic mass is 15.2. The van der Waals surface area contributed by atoms with Gasteiger partial charge in [-0.3, -0.25) is 4.99 Å². The van der Waals surface area contributed by atoms with Crippen LogP contribution in [-0.2, 0) is 0 Å². The molecule has 0 aliphatic rings. The zero-order valence-corrected chi connectivity index (χ0v) is 11.6. The molecule has 16 heavy (non-hydrogen) atoms. The van der Waals surface area contributed by atoms with Crippen LogP contribution in [0.15, 0.2) is 4.99 Å². The van der Waals surface area contributed by atoms with Crippen molar-refractivity contribution in [2.75, 3.05) is 27.2 Å². The molecule has 0 fully saturated rings. The van der Waals surface area contributed by atoms with Crippen molar-refractivity contribution >= 4 is 5.96 Å². The van der Waals surface area contributed by atoms with Crippen LogP contribution < -0.4 is 11.1 Å². The number of hydrogen-bond donors (Lipinski definition) is 2. The predicted molar refractivity (Wildman–Crippen MR) is 71.6 cm³/mol. The zero-order chi connectivity index (χ0) is 12.7. The lowest BCUT2D eigenvalue weighted by molar-refractivity contribution is 0.312. The van der Waals surface area contributed by atoms with Crippen LogP contribution in [0.1, 0.15) is 27.7 Å². The minimum atomic E-state index is 0.353. The van der Waals surface area contributed by atoms with Crippen molar-refractivity contribution in [3.05, 3.63) is 0 Å². The molecule has 0 spiro atoms. The Kier molecular flexibility index (Phi) is 7.13. The van der Waals surface area contributed by atoms with Crippen LogP contribution in [0.5, 0.6) is 0 Å². The predicted octanol–water partition coefficient (Wildman–Crippen LogP) is 1.13. The third kappa shape index (κ3) is 7.51. The molecule has 0 rings (SSSR count). The van der Waals surface area contributed by atoms with E-state index in [9.17, 15) is 0 Å². The van der Waals surface area contributed by atoms with Crippen molar-refractivity contribution in [2.24, 2.45) is 22.6 Å². The molecule has 0 saturated heterocycles. The van der Waals surface area contributed by atoms with E-state index in [1.54, 1.807) is 0 Å². The monoisotopic (exact) mass is 228 g/mol. The molecule has 0 saturated carbocycles. The molecule has 4 heteroatoms. The molecule has 0 amide bonds. The van der Waals surface area contributed by atoms with E-state index in [1.807, 2.05) is 0 Å². The van der Waals surface area contributed by atoms with E-state index >= 15 is 0 Å². The zero-order valence-electron chi connectivity index (χ0n) is 11.6. The van der Waals surface area contributed by atoms with E-state index in [-0.39, 0.29) is 0 Å². The van der Waals surface area contributed by atoms with Crippen molar-refractivity contribution in [1.82, 2.24) is 10.2 Å². The van der Waals surface area contributed by atoms with Crippen molar-refractivity contribution in [2.45, 2.75) is 33.7 Å². The Balaban J connectivity index is 4.22. The second kappa shape index (κ2) is 7.49. The standard InChI is InChI=1S/C12H28N4/c1-9(2)7-14-12(13)15-11(10(3)4)8-16(5)6/h9-11H,7-8H2,1-6H3,(H3,13,14,15). The SMILES string of the molecule is CC(C)CN=C(N)NC(CN(C)C)C(C)C. The van der Waals surface area contributed by atoms with Crippen LogP contribution in [0.2, 0.25) is 0 Å². The molecule has 0 aromatic heterocycles. The lowest BCUT2D eigenvalue weighted by Crippen LogP contribution is -2.48. The summed E-state index contributed by atoms with van der Waals surface area (Å²) >= 11 is 0. The number of nitrogens with zero attached hydrogens (tertiary/aromatic N) is 2. The molecule has 1 atom stereocenters. The number of nitrogens with two attached hydrogens (primary N) is 1. The Bertz CT molecular complexity index is 209. The van der Waals surface area contributed by atoms with Gasteiger partial charge in [-0.2, -0.15) is 0 Å². The Morgan fingerprint density at radius 3 is 2.19 bits per heavy atom. The van der Waals surface area contributed by atoms with Gasteiger partial charge in [0.1, 0.15) is 0 Å². The maximum absolute atomic E-state index is 5.86. The second-order valence-electron chi connectivity index (χ2n) is 5.38. The Morgan fingerprint density at radius 2 is 1.81 bits per heavy atom. The maximum Gasteiger partial charge on any atom is 0.188 e. The lowest BCUT2D eigenvalue weighted by atomic mass is 10.0. The third-order valence-corrected chi connectivity index (χ3v) is 2.33. The minimum absolute atomic E-state index is 0.353. The average molecular weight is 228 g/mol. The summed E-state index contributed by atoms with van der Waals surface area (Å²) in [6.07, 6.45) is 0. The molecule has 1 unspecified atom stereocenters. The van der Waals surface area contributed by atoms with Crippen LogP contribution in [0.4, 0.5) is 0 Å². The van der Waals surface area contributed by atoms with E-state index in [4.69, 9.17) is 5.73 Å². The molecule has 0 radical (unpaired) electrons. The molecular weight excluding hydrogens is 200 g/mol. The van der Waals surface area contributed by atoms with Crippen LogP contribution in [0.3, 0.4) is 0 Å². The highest BCUT2D eigenvalue weighted by Crippen LogP contribution is 2.02. The molecule has 0 aromatic carbocycles. The molecule has 4 nitrogen and oxygen atoms in total. The van der Waals surface area contributed by atoms with E-state index in [0.717, 1.165) is 13.1 Å². The Hall–Kier alpha value is -0.770. The summed E-state index contributed by atoms with van der Waals surface area (Å²) in [5.41, 5.74) is 5.86. The quantitative estimate of drug-likeness (QED) is 0.529. The second-order valence-corrected chi connectivity index (χ2v) is 5.38. The maximum atomic E-state index is 5.86. The van der Waals surface area contributed by atoms with E-state index in [1.165, 1.54) is 0 Å². The van der Waals surface area contributed by atoms with Crippen LogP contribution in [-0.4, -0.2) is 44.1 Å². The number of nitrogens with one attached hydrogen (secondary N) is 1. The molecule has 96 valence electrons. The molecule has 0 aromatic rings. The minimum Gasteiger partial charge on any atom is -0.370 e. The summed E-state index contributed by atoms with van der Waals surface area (Å²) in [5.74, 6) is 1.65. The summed E-state index contributed by atoms with van der Waals surface area (Å²) in [6, 6.07) is 0.353. The average Bonchev–Trinajstić information content (AvgIpc) is 2.12. The van der Waals surface area contributed by atoms with Gasteiger partial charge in [0.2, 0.25) is 0 Å². The Morgan fingerprint density at radius 1 is 1.25 bits per heavy atom. The molecular formula is C12H28N4. The number of guanidine groups is 1. The van der Waals surface area contributed by atoms with Crippen molar-refractivity contribution in [3.8, 4) is 0 Å². The van der Waals surface area contributed by atoms with E-state index < -0.39 is 0 Å².